The number of aryl methyl sites for hydroxylation is 2. The number of hydrogen-bond donors (Lipinski definition) is 3. The maximum Gasteiger partial charge on any atom is 0.239 e. The molecule has 10 atom stereocenters. The van der Waals surface area contributed by atoms with Crippen molar-refractivity contribution >= 4 is 146 Å². The Labute approximate surface area is 841 Å². The summed E-state index contributed by atoms with van der Waals surface area (Å²) in [5.41, 5.74) is 25.8. The Bertz CT molecular complexity index is 6830. The van der Waals surface area contributed by atoms with Gasteiger partial charge in [0, 0.05) is 139 Å². The fraction of sp³-hybridized carbons (Fsp3) is 0.475. The van der Waals surface area contributed by atoms with Crippen LogP contribution in [0.5, 0.6) is 0 Å². The minimum absolute atomic E-state index is 0.0657. The topological polar surface area (TPSA) is 480 Å². The average Bonchev–Trinajstić information content (AvgIpc) is 1.65. The monoisotopic (exact) mass is 2060 g/mol. The van der Waals surface area contributed by atoms with Crippen molar-refractivity contribution in [3.8, 4) is 46.1 Å². The van der Waals surface area contributed by atoms with Gasteiger partial charge in [-0.25, -0.2) is 60.9 Å². The third-order valence-electron chi connectivity index (χ3n) is 26.4. The molecule has 7 aromatic heterocycles. The van der Waals surface area contributed by atoms with Crippen molar-refractivity contribution in [1.82, 2.24) is 68.9 Å². The molecule has 2 saturated carbocycles. The largest absolute Gasteiger partial charge is 0.399 e. The van der Waals surface area contributed by atoms with Crippen molar-refractivity contribution in [2.45, 2.75) is 131 Å². The summed E-state index contributed by atoms with van der Waals surface area (Å²) in [6.07, 6.45) is 12.3. The second kappa shape index (κ2) is 43.9. The van der Waals surface area contributed by atoms with Crippen molar-refractivity contribution in [3.05, 3.63) is 163 Å². The Kier molecular flexibility index (Phi) is 31.2. The van der Waals surface area contributed by atoms with Gasteiger partial charge in [0.15, 0.2) is 46.6 Å². The summed E-state index contributed by atoms with van der Waals surface area (Å²) in [6, 6.07) is 48.1. The molecule has 45 heteroatoms. The fourth-order valence-electron chi connectivity index (χ4n) is 17.5. The van der Waals surface area contributed by atoms with E-state index in [1.54, 1.807) is 49.5 Å². The van der Waals surface area contributed by atoms with Gasteiger partial charge in [-0.05, 0) is 135 Å². The second-order valence-electron chi connectivity index (χ2n) is 38.1. The smallest absolute Gasteiger partial charge is 0.239 e. The first kappa shape index (κ1) is 102. The highest BCUT2D eigenvalue weighted by atomic mass is 32.2. The highest BCUT2D eigenvalue weighted by Crippen LogP contribution is 2.39. The lowest BCUT2D eigenvalue weighted by atomic mass is 10.2. The van der Waals surface area contributed by atoms with Crippen LogP contribution in [0.15, 0.2) is 173 Å². The number of morpholine rings is 5. The second-order valence-corrected chi connectivity index (χ2v) is 50.9. The number of benzene rings is 5. The zero-order chi connectivity index (χ0) is 101. The SMILES string of the molecule is C[C@@H]1COCCN1c1cc(N=S(C)(=O)C2COC2)nc(-c2cccc(N)c2)n1.C[C@@H]1COCCN1c1cc(N=[S@@](C)(=O)C2COC2)nc(-c2cccc(N)c2)n1.C[C@@H]1COCCN1c1cc(N=[S@](C)(=O)C2COC2)nc(-c2cccc(N)c2)n1.Cc1nc2ccccc2n1-c1nc(N=S(C)(=O)C2CC2)cc(N2CCOC[C@H]2C)n1.Cc1nc2ccccc2n1-c1nc(N=[S@](C)(=O)C2CC2)cc(N2CCOC[C@H]2C)n1. The van der Waals surface area contributed by atoms with Crippen LogP contribution in [0, 0.1) is 13.8 Å². The number of anilines is 8. The van der Waals surface area contributed by atoms with E-state index in [0.29, 0.717) is 181 Å². The van der Waals surface area contributed by atoms with Crippen LogP contribution in [-0.4, -0.2) is 316 Å². The van der Waals surface area contributed by atoms with E-state index in [1.807, 2.05) is 156 Å². The van der Waals surface area contributed by atoms with Crippen LogP contribution in [0.1, 0.15) is 72.0 Å². The first-order chi connectivity index (χ1) is 69.1. The van der Waals surface area contributed by atoms with Gasteiger partial charge >= 0.3 is 0 Å². The molecule has 0 bridgehead atoms. The molecule has 8 saturated heterocycles. The molecule has 15 heterocycles. The Morgan fingerprint density at radius 1 is 0.285 bits per heavy atom. The Hall–Kier alpha value is -11.7. The molecule has 2 aliphatic carbocycles. The first-order valence-electron chi connectivity index (χ1n) is 48.5. The van der Waals surface area contributed by atoms with Crippen LogP contribution in [-0.2, 0) is 86.5 Å². The van der Waals surface area contributed by atoms with Crippen LogP contribution >= 0.6 is 0 Å². The average molecular weight is 2060 g/mol. The molecule has 8 aliphatic heterocycles. The molecule has 2 unspecified atom stereocenters. The predicted octanol–water partition coefficient (Wildman–Crippen LogP) is 12.7. The van der Waals surface area contributed by atoms with Gasteiger partial charge in [0.1, 0.15) is 40.7 Å². The number of aromatic nitrogens is 14. The molecular formula is C99H127N27O13S5. The molecule has 22 rings (SSSR count). The lowest BCUT2D eigenvalue weighted by Gasteiger charge is -2.34. The Morgan fingerprint density at radius 3 is 0.778 bits per heavy atom. The van der Waals surface area contributed by atoms with Gasteiger partial charge < -0.3 is 79.6 Å². The molecule has 766 valence electrons. The molecule has 40 nitrogen and oxygen atoms in total. The standard InChI is InChI=1S/2C21H26N6O2S.3C19H25N5O3S/c2*1-14-13-29-11-10-26(14)20-12-19(25-30(3,28)16-8-9-16)23-21(24-20)27-15(2)22-17-6-4-5-7-18(17)27;3*1-13-10-26-7-6-24(13)18-9-17(23-28(2,25)16-11-27-12-16)21-19(22-18)14-4-3-5-15(20)8-14/h2*4-7,12,14,16H,8-11,13H2,1-3H3;3*3-5,8-9,13,16H,6-7,10-12,20H2,1-2H3/t14-,30?;14-,30-;13-,28?;13-,28+;13-,28-/m11111/s1. The van der Waals surface area contributed by atoms with Crippen molar-refractivity contribution in [2.24, 2.45) is 21.8 Å². The summed E-state index contributed by atoms with van der Waals surface area (Å²) < 4.78 is 135. The molecule has 144 heavy (non-hydrogen) atoms. The van der Waals surface area contributed by atoms with Crippen molar-refractivity contribution in [3.63, 3.8) is 0 Å². The third kappa shape index (κ3) is 24.5. The summed E-state index contributed by atoms with van der Waals surface area (Å²) in [4.78, 5) is 67.4. The van der Waals surface area contributed by atoms with Gasteiger partial charge in [-0.3, -0.25) is 9.13 Å². The first-order valence-corrected chi connectivity index (χ1v) is 58.5. The van der Waals surface area contributed by atoms with E-state index in [9.17, 15) is 21.0 Å². The van der Waals surface area contributed by atoms with Crippen LogP contribution in [0.3, 0.4) is 0 Å². The van der Waals surface area contributed by atoms with Gasteiger partial charge in [0.25, 0.3) is 0 Å². The van der Waals surface area contributed by atoms with E-state index in [4.69, 9.17) is 90.0 Å². The van der Waals surface area contributed by atoms with Gasteiger partial charge in [-0.1, -0.05) is 60.7 Å². The molecule has 0 radical (unpaired) electrons. The van der Waals surface area contributed by atoms with Crippen LogP contribution < -0.4 is 41.7 Å². The van der Waals surface area contributed by atoms with Crippen molar-refractivity contribution in [1.29, 1.82) is 0 Å². The molecule has 10 aliphatic rings. The van der Waals surface area contributed by atoms with E-state index < -0.39 is 48.6 Å². The summed E-state index contributed by atoms with van der Waals surface area (Å²) in [7, 11) is -12.0. The minimum atomic E-state index is -2.45. The Balaban J connectivity index is 0.000000118. The van der Waals surface area contributed by atoms with Gasteiger partial charge in [-0.15, -0.1) is 0 Å². The lowest BCUT2D eigenvalue weighted by Crippen LogP contribution is -2.44. The summed E-state index contributed by atoms with van der Waals surface area (Å²) in [5, 5.41) is 0.132. The highest BCUT2D eigenvalue weighted by molar-refractivity contribution is 7.95. The molecule has 12 aromatic rings. The highest BCUT2D eigenvalue weighted by Gasteiger charge is 2.37. The zero-order valence-electron chi connectivity index (χ0n) is 83.2. The summed E-state index contributed by atoms with van der Waals surface area (Å²) >= 11 is 0. The van der Waals surface area contributed by atoms with Crippen molar-refractivity contribution in [2.75, 3.05) is 211 Å². The molecule has 6 N–H and O–H groups in total. The van der Waals surface area contributed by atoms with E-state index in [1.165, 1.54) is 0 Å². The maximum atomic E-state index is 13.1. The number of fused-ring (bicyclic) bond motifs is 2. The lowest BCUT2D eigenvalue weighted by molar-refractivity contribution is 0.0430. The molecule has 0 amide bonds. The fourth-order valence-corrected chi connectivity index (χ4v) is 24.7. The van der Waals surface area contributed by atoms with Gasteiger partial charge in [0.2, 0.25) is 11.9 Å². The van der Waals surface area contributed by atoms with Crippen molar-refractivity contribution < 1.29 is 58.9 Å². The number of nitrogens with two attached hydrogens (primary N) is 3. The predicted molar refractivity (Wildman–Crippen MR) is 567 cm³/mol. The maximum absolute atomic E-state index is 13.1. The van der Waals surface area contributed by atoms with E-state index in [2.05, 4.69) is 106 Å². The van der Waals surface area contributed by atoms with Crippen LogP contribution in [0.2, 0.25) is 0 Å². The van der Waals surface area contributed by atoms with Gasteiger partial charge in [-0.2, -0.15) is 41.7 Å². The number of imidazole rings is 2. The number of nitrogen functional groups attached to an aromatic ring is 3. The number of hydrogen-bond acceptors (Lipinski definition) is 38. The number of para-hydroxylation sites is 4. The molecule has 0 spiro atoms. The van der Waals surface area contributed by atoms with Crippen LogP contribution in [0.4, 0.5) is 75.2 Å². The normalized spacial score (nSPS) is 22.0. The third-order valence-corrected chi connectivity index (χ3v) is 37.1. The number of ether oxygens (including phenoxy) is 8. The van der Waals surface area contributed by atoms with Crippen LogP contribution in [0.25, 0.3) is 68.1 Å². The summed E-state index contributed by atoms with van der Waals surface area (Å²) in [6.45, 7) is 27.3. The minimum Gasteiger partial charge on any atom is -0.399 e. The Morgan fingerprint density at radius 2 is 0.535 bits per heavy atom. The molecule has 10 fully saturated rings. The molecule has 5 aromatic carbocycles. The van der Waals surface area contributed by atoms with E-state index in [0.717, 1.165) is 138 Å². The number of nitrogens with zero attached hydrogens (tertiary/aromatic N) is 24. The van der Waals surface area contributed by atoms with E-state index in [-0.39, 0.29) is 56.5 Å². The molecular weight excluding hydrogens is 1940 g/mol. The quantitative estimate of drug-likeness (QED) is 0.0597. The zero-order valence-corrected chi connectivity index (χ0v) is 87.3. The summed E-state index contributed by atoms with van der Waals surface area (Å²) in [5.74, 6) is 10.1. The number of rotatable bonds is 20. The van der Waals surface area contributed by atoms with E-state index >= 15 is 0 Å². The van der Waals surface area contributed by atoms with Gasteiger partial charge in [0.05, 0.1) is 222 Å².